The zero-order chi connectivity index (χ0) is 13.1. The summed E-state index contributed by atoms with van der Waals surface area (Å²) in [7, 11) is 1.82. The van der Waals surface area contributed by atoms with E-state index in [4.69, 9.17) is 5.73 Å². The zero-order valence-electron chi connectivity index (χ0n) is 10.9. The van der Waals surface area contributed by atoms with E-state index in [2.05, 4.69) is 0 Å². The number of benzene rings is 1. The van der Waals surface area contributed by atoms with Crippen LogP contribution >= 0.6 is 0 Å². The molecule has 4 heteroatoms. The Balaban J connectivity index is 2.37. The number of carbonyl (C=O) groups excluding carboxylic acids is 1. The molecule has 0 bridgehead atoms. The number of hydrogen-bond donors (Lipinski definition) is 1. The van der Waals surface area contributed by atoms with Crippen LogP contribution in [0.3, 0.4) is 0 Å². The summed E-state index contributed by atoms with van der Waals surface area (Å²) >= 11 is 0. The van der Waals surface area contributed by atoms with Gasteiger partial charge in [-0.15, -0.1) is 0 Å². The van der Waals surface area contributed by atoms with Crippen molar-refractivity contribution in [2.45, 2.75) is 20.0 Å². The molecule has 0 saturated carbocycles. The van der Waals surface area contributed by atoms with Crippen LogP contribution in [0.1, 0.15) is 12.5 Å². The average molecular weight is 245 g/mol. The van der Waals surface area contributed by atoms with Gasteiger partial charge < -0.3 is 15.2 Å². The number of para-hydroxylation sites is 1. The molecule has 0 spiro atoms. The van der Waals surface area contributed by atoms with Gasteiger partial charge in [0, 0.05) is 26.3 Å². The van der Waals surface area contributed by atoms with Crippen LogP contribution in [0.4, 0.5) is 0 Å². The topological polar surface area (TPSA) is 51.3 Å². The van der Waals surface area contributed by atoms with Gasteiger partial charge in [0.2, 0.25) is 5.91 Å². The van der Waals surface area contributed by atoms with Gasteiger partial charge in [-0.25, -0.2) is 0 Å². The standard InChI is InChI=1S/C14H19N3O/c1-3-16(2)13(18)10-17-8-7-11-5-4-6-12(9-15)14(11)17/h4-8H,3,9-10,15H2,1-2H3. The SMILES string of the molecule is CCN(C)C(=O)Cn1ccc2cccc(CN)c21. The first kappa shape index (κ1) is 12.6. The highest BCUT2D eigenvalue weighted by atomic mass is 16.2. The normalized spacial score (nSPS) is 10.8. The molecule has 2 aromatic rings. The molecule has 1 aromatic carbocycles. The number of amides is 1. The van der Waals surface area contributed by atoms with Crippen LogP contribution in [0.25, 0.3) is 10.9 Å². The predicted molar refractivity (Wildman–Crippen MR) is 73.1 cm³/mol. The third-order valence-corrected chi connectivity index (χ3v) is 3.30. The smallest absolute Gasteiger partial charge is 0.242 e. The van der Waals surface area contributed by atoms with E-state index in [-0.39, 0.29) is 5.91 Å². The van der Waals surface area contributed by atoms with Crippen molar-refractivity contribution >= 4 is 16.8 Å². The molecule has 2 rings (SSSR count). The number of likely N-dealkylation sites (N-methyl/N-ethyl adjacent to an activating group) is 1. The van der Waals surface area contributed by atoms with Crippen LogP contribution in [0, 0.1) is 0 Å². The summed E-state index contributed by atoms with van der Waals surface area (Å²) in [5.74, 6) is 0.113. The summed E-state index contributed by atoms with van der Waals surface area (Å²) in [4.78, 5) is 13.7. The summed E-state index contributed by atoms with van der Waals surface area (Å²) in [6.45, 7) is 3.54. The monoisotopic (exact) mass is 245 g/mol. The largest absolute Gasteiger partial charge is 0.344 e. The lowest BCUT2D eigenvalue weighted by Crippen LogP contribution is -2.29. The number of aromatic nitrogens is 1. The van der Waals surface area contributed by atoms with Gasteiger partial charge in [-0.3, -0.25) is 4.79 Å². The van der Waals surface area contributed by atoms with Crippen LogP contribution in [0.2, 0.25) is 0 Å². The fraction of sp³-hybridized carbons (Fsp3) is 0.357. The molecule has 0 aliphatic carbocycles. The number of nitrogens with zero attached hydrogens (tertiary/aromatic N) is 2. The third kappa shape index (κ3) is 2.24. The minimum absolute atomic E-state index is 0.113. The van der Waals surface area contributed by atoms with E-state index in [1.54, 1.807) is 4.90 Å². The van der Waals surface area contributed by atoms with Crippen LogP contribution in [-0.4, -0.2) is 29.0 Å². The maximum absolute atomic E-state index is 12.0. The van der Waals surface area contributed by atoms with Gasteiger partial charge in [0.25, 0.3) is 0 Å². The van der Waals surface area contributed by atoms with E-state index < -0.39 is 0 Å². The first-order valence-corrected chi connectivity index (χ1v) is 6.18. The number of rotatable bonds is 4. The van der Waals surface area contributed by atoms with Crippen molar-refractivity contribution in [2.75, 3.05) is 13.6 Å². The summed E-state index contributed by atoms with van der Waals surface area (Å²) in [5.41, 5.74) is 7.89. The highest BCUT2D eigenvalue weighted by Gasteiger charge is 2.11. The number of carbonyl (C=O) groups is 1. The first-order chi connectivity index (χ1) is 8.67. The maximum atomic E-state index is 12.0. The van der Waals surface area contributed by atoms with Crippen LogP contribution in [0.5, 0.6) is 0 Å². The highest BCUT2D eigenvalue weighted by Crippen LogP contribution is 2.20. The van der Waals surface area contributed by atoms with E-state index in [0.717, 1.165) is 23.0 Å². The van der Waals surface area contributed by atoms with E-state index in [9.17, 15) is 4.79 Å². The summed E-state index contributed by atoms with van der Waals surface area (Å²) in [6, 6.07) is 8.06. The van der Waals surface area contributed by atoms with E-state index in [0.29, 0.717) is 13.1 Å². The molecule has 4 nitrogen and oxygen atoms in total. The highest BCUT2D eigenvalue weighted by molar-refractivity contribution is 5.85. The molecule has 0 saturated heterocycles. The third-order valence-electron chi connectivity index (χ3n) is 3.30. The fourth-order valence-corrected chi connectivity index (χ4v) is 2.08. The number of nitrogens with two attached hydrogens (primary N) is 1. The minimum Gasteiger partial charge on any atom is -0.344 e. The Kier molecular flexibility index (Phi) is 3.67. The van der Waals surface area contributed by atoms with Gasteiger partial charge in [-0.05, 0) is 23.9 Å². The van der Waals surface area contributed by atoms with Gasteiger partial charge in [-0.2, -0.15) is 0 Å². The van der Waals surface area contributed by atoms with Crippen molar-refractivity contribution in [3.63, 3.8) is 0 Å². The lowest BCUT2D eigenvalue weighted by atomic mass is 10.1. The molecule has 1 heterocycles. The molecule has 0 aliphatic heterocycles. The second-order valence-electron chi connectivity index (χ2n) is 4.41. The molecule has 0 atom stereocenters. The van der Waals surface area contributed by atoms with Gasteiger partial charge >= 0.3 is 0 Å². The lowest BCUT2D eigenvalue weighted by Gasteiger charge is -2.16. The van der Waals surface area contributed by atoms with Gasteiger partial charge in [0.05, 0.1) is 5.52 Å². The Morgan fingerprint density at radius 1 is 1.39 bits per heavy atom. The van der Waals surface area contributed by atoms with Gasteiger partial charge in [0.15, 0.2) is 0 Å². The van der Waals surface area contributed by atoms with Crippen molar-refractivity contribution in [3.05, 3.63) is 36.0 Å². The Labute approximate surface area is 107 Å². The van der Waals surface area contributed by atoms with Crippen molar-refractivity contribution in [1.29, 1.82) is 0 Å². The molecule has 2 N–H and O–H groups in total. The van der Waals surface area contributed by atoms with Crippen molar-refractivity contribution in [3.8, 4) is 0 Å². The molecule has 18 heavy (non-hydrogen) atoms. The molecular weight excluding hydrogens is 226 g/mol. The van der Waals surface area contributed by atoms with Crippen LogP contribution < -0.4 is 5.73 Å². The average Bonchev–Trinajstić information content (AvgIpc) is 2.81. The Morgan fingerprint density at radius 2 is 2.17 bits per heavy atom. The molecule has 0 fully saturated rings. The fourth-order valence-electron chi connectivity index (χ4n) is 2.08. The van der Waals surface area contributed by atoms with Crippen molar-refractivity contribution in [2.24, 2.45) is 5.73 Å². The molecule has 1 amide bonds. The van der Waals surface area contributed by atoms with Gasteiger partial charge in [-0.1, -0.05) is 18.2 Å². The second kappa shape index (κ2) is 5.23. The van der Waals surface area contributed by atoms with E-state index >= 15 is 0 Å². The Hall–Kier alpha value is -1.81. The van der Waals surface area contributed by atoms with E-state index in [1.807, 2.05) is 49.0 Å². The van der Waals surface area contributed by atoms with Gasteiger partial charge in [0.1, 0.15) is 6.54 Å². The molecule has 0 aliphatic rings. The van der Waals surface area contributed by atoms with Crippen LogP contribution in [-0.2, 0) is 17.9 Å². The quantitative estimate of drug-likeness (QED) is 0.889. The second-order valence-corrected chi connectivity index (χ2v) is 4.41. The predicted octanol–water partition coefficient (Wildman–Crippen LogP) is 1.58. The Morgan fingerprint density at radius 3 is 2.83 bits per heavy atom. The van der Waals surface area contributed by atoms with Crippen molar-refractivity contribution in [1.82, 2.24) is 9.47 Å². The molecular formula is C14H19N3O. The Bertz CT molecular complexity index is 559. The first-order valence-electron chi connectivity index (χ1n) is 6.18. The zero-order valence-corrected chi connectivity index (χ0v) is 10.9. The summed E-state index contributed by atoms with van der Waals surface area (Å²) in [6.07, 6.45) is 1.95. The van der Waals surface area contributed by atoms with Crippen molar-refractivity contribution < 1.29 is 4.79 Å². The minimum atomic E-state index is 0.113. The van der Waals surface area contributed by atoms with Crippen LogP contribution in [0.15, 0.2) is 30.5 Å². The summed E-state index contributed by atoms with van der Waals surface area (Å²) in [5, 5.41) is 1.13. The lowest BCUT2D eigenvalue weighted by molar-refractivity contribution is -0.130. The number of hydrogen-bond acceptors (Lipinski definition) is 2. The summed E-state index contributed by atoms with van der Waals surface area (Å²) < 4.78 is 1.98. The maximum Gasteiger partial charge on any atom is 0.242 e. The molecule has 0 radical (unpaired) electrons. The number of fused-ring (bicyclic) bond motifs is 1. The molecule has 0 unspecified atom stereocenters. The molecule has 96 valence electrons. The van der Waals surface area contributed by atoms with E-state index in [1.165, 1.54) is 0 Å². The molecule has 1 aromatic heterocycles.